The predicted octanol–water partition coefficient (Wildman–Crippen LogP) is 16.0. The van der Waals surface area contributed by atoms with Gasteiger partial charge in [-0.05, 0) is 71.5 Å². The molecular formula is C52H72N2O2. The molecule has 0 aliphatic heterocycles. The summed E-state index contributed by atoms with van der Waals surface area (Å²) in [5.41, 5.74) is 4.67. The molecule has 0 heterocycles. The molecule has 0 bridgehead atoms. The van der Waals surface area contributed by atoms with Crippen molar-refractivity contribution in [2.45, 2.75) is 168 Å². The van der Waals surface area contributed by atoms with Gasteiger partial charge in [-0.2, -0.15) is 10.5 Å². The SMILES string of the molecule is CCCCCCCCCCCCCCOc1ccc(/C=C(\C#N)c2ccc(/C(C#N)=C\c3ccc(OCCCCCCCCCCCCCC)cc3)cc2)cc1. The second-order valence-corrected chi connectivity index (χ2v) is 15.5. The highest BCUT2D eigenvalue weighted by Crippen LogP contribution is 2.25. The molecule has 0 saturated carbocycles. The third-order valence-corrected chi connectivity index (χ3v) is 10.7. The van der Waals surface area contributed by atoms with Crippen LogP contribution in [0.3, 0.4) is 0 Å². The van der Waals surface area contributed by atoms with Crippen LogP contribution in [-0.2, 0) is 0 Å². The average molecular weight is 757 g/mol. The van der Waals surface area contributed by atoms with Gasteiger partial charge >= 0.3 is 0 Å². The lowest BCUT2D eigenvalue weighted by atomic mass is 9.99. The van der Waals surface area contributed by atoms with Gasteiger partial charge in [-0.1, -0.05) is 204 Å². The highest BCUT2D eigenvalue weighted by Gasteiger charge is 2.06. The first-order valence-electron chi connectivity index (χ1n) is 22.5. The van der Waals surface area contributed by atoms with Crippen molar-refractivity contribution in [2.75, 3.05) is 13.2 Å². The number of nitrogens with zero attached hydrogens (tertiary/aromatic N) is 2. The molecule has 0 N–H and O–H groups in total. The summed E-state index contributed by atoms with van der Waals surface area (Å²) in [6.45, 7) is 6.02. The van der Waals surface area contributed by atoms with Crippen LogP contribution in [0.1, 0.15) is 190 Å². The van der Waals surface area contributed by atoms with Gasteiger partial charge in [-0.15, -0.1) is 0 Å². The van der Waals surface area contributed by atoms with Crippen molar-refractivity contribution in [2.24, 2.45) is 0 Å². The molecule has 0 fully saturated rings. The Labute approximate surface area is 342 Å². The molecular weight excluding hydrogens is 685 g/mol. The molecule has 0 radical (unpaired) electrons. The van der Waals surface area contributed by atoms with E-state index in [1.165, 1.54) is 141 Å². The summed E-state index contributed by atoms with van der Waals surface area (Å²) in [5.74, 6) is 1.72. The van der Waals surface area contributed by atoms with Crippen molar-refractivity contribution in [3.05, 3.63) is 95.1 Å². The van der Waals surface area contributed by atoms with Crippen LogP contribution in [0.15, 0.2) is 72.8 Å². The van der Waals surface area contributed by atoms with Crippen molar-refractivity contribution in [1.82, 2.24) is 0 Å². The Kier molecular flexibility index (Phi) is 25.4. The molecule has 0 aliphatic rings. The number of allylic oxidation sites excluding steroid dienone is 2. The Hall–Kier alpha value is -4.28. The number of hydrogen-bond donors (Lipinski definition) is 0. The van der Waals surface area contributed by atoms with Gasteiger partial charge in [0.2, 0.25) is 0 Å². The Morgan fingerprint density at radius 1 is 0.393 bits per heavy atom. The summed E-state index contributed by atoms with van der Waals surface area (Å²) >= 11 is 0. The normalized spacial score (nSPS) is 11.6. The Bertz CT molecular complexity index is 1450. The van der Waals surface area contributed by atoms with Crippen molar-refractivity contribution in [3.8, 4) is 23.6 Å². The Morgan fingerprint density at radius 3 is 0.929 bits per heavy atom. The average Bonchev–Trinajstić information content (AvgIpc) is 3.23. The molecule has 3 aromatic rings. The number of hydrogen-bond acceptors (Lipinski definition) is 4. The number of unbranched alkanes of at least 4 members (excludes halogenated alkanes) is 22. The summed E-state index contributed by atoms with van der Waals surface area (Å²) in [5, 5.41) is 19.9. The van der Waals surface area contributed by atoms with Gasteiger partial charge in [0.25, 0.3) is 0 Å². The second kappa shape index (κ2) is 30.9. The van der Waals surface area contributed by atoms with Crippen LogP contribution in [0.5, 0.6) is 11.5 Å². The predicted molar refractivity (Wildman–Crippen MR) is 239 cm³/mol. The van der Waals surface area contributed by atoms with Crippen LogP contribution in [0, 0.1) is 22.7 Å². The summed E-state index contributed by atoms with van der Waals surface area (Å²) in [4.78, 5) is 0. The maximum atomic E-state index is 9.96. The summed E-state index contributed by atoms with van der Waals surface area (Å²) < 4.78 is 12.0. The summed E-state index contributed by atoms with van der Waals surface area (Å²) in [6, 6.07) is 28.2. The zero-order valence-electron chi connectivity index (χ0n) is 35.2. The number of benzene rings is 3. The van der Waals surface area contributed by atoms with Crippen LogP contribution in [0.2, 0.25) is 0 Å². The van der Waals surface area contributed by atoms with Gasteiger partial charge in [-0.3, -0.25) is 0 Å². The molecule has 56 heavy (non-hydrogen) atoms. The Balaban J connectivity index is 1.35. The van der Waals surface area contributed by atoms with Gasteiger partial charge in [-0.25, -0.2) is 0 Å². The topological polar surface area (TPSA) is 66.0 Å². The van der Waals surface area contributed by atoms with Crippen LogP contribution < -0.4 is 9.47 Å². The van der Waals surface area contributed by atoms with E-state index in [0.29, 0.717) is 11.1 Å². The van der Waals surface area contributed by atoms with Crippen molar-refractivity contribution < 1.29 is 9.47 Å². The highest BCUT2D eigenvalue weighted by molar-refractivity contribution is 5.92. The Morgan fingerprint density at radius 2 is 0.661 bits per heavy atom. The highest BCUT2D eigenvalue weighted by atomic mass is 16.5. The first-order valence-corrected chi connectivity index (χ1v) is 22.5. The maximum absolute atomic E-state index is 9.96. The molecule has 302 valence electrons. The fourth-order valence-corrected chi connectivity index (χ4v) is 7.11. The monoisotopic (exact) mass is 757 g/mol. The van der Waals surface area contributed by atoms with Gasteiger partial charge in [0.15, 0.2) is 0 Å². The zero-order valence-corrected chi connectivity index (χ0v) is 35.2. The van der Waals surface area contributed by atoms with E-state index in [1.54, 1.807) is 0 Å². The minimum absolute atomic E-state index is 0.572. The lowest BCUT2D eigenvalue weighted by Gasteiger charge is -2.07. The van der Waals surface area contributed by atoms with Crippen LogP contribution in [-0.4, -0.2) is 13.2 Å². The van der Waals surface area contributed by atoms with E-state index in [4.69, 9.17) is 9.47 Å². The number of rotatable bonds is 32. The lowest BCUT2D eigenvalue weighted by Crippen LogP contribution is -1.97. The molecule has 0 atom stereocenters. The summed E-state index contributed by atoms with van der Waals surface area (Å²) in [7, 11) is 0. The largest absolute Gasteiger partial charge is 0.494 e. The van der Waals surface area contributed by atoms with Crippen LogP contribution in [0.4, 0.5) is 0 Å². The molecule has 4 nitrogen and oxygen atoms in total. The molecule has 0 amide bonds. The fourth-order valence-electron chi connectivity index (χ4n) is 7.11. The standard InChI is InChI=1S/C52H72N2O2/c1-3-5-7-9-11-13-15-17-19-21-23-25-39-55-51-35-27-45(28-36-51)41-49(43-53)47-31-33-48(34-32-47)50(44-54)42-46-29-37-52(38-30-46)56-40-26-24-22-20-18-16-14-12-10-8-6-4-2/h27-38,41-42H,3-26,39-40H2,1-2H3/b49-41-,50-42+. The first-order chi connectivity index (χ1) is 27.7. The third kappa shape index (κ3) is 20.6. The minimum Gasteiger partial charge on any atom is -0.494 e. The first kappa shape index (κ1) is 46.1. The summed E-state index contributed by atoms with van der Waals surface area (Å²) in [6.07, 6.45) is 35.8. The second-order valence-electron chi connectivity index (χ2n) is 15.5. The molecule has 0 aromatic heterocycles. The van der Waals surface area contributed by atoms with Crippen LogP contribution >= 0.6 is 0 Å². The number of nitriles is 2. The van der Waals surface area contributed by atoms with Crippen molar-refractivity contribution in [3.63, 3.8) is 0 Å². The molecule has 0 saturated heterocycles. The van der Waals surface area contributed by atoms with Gasteiger partial charge < -0.3 is 9.47 Å². The van der Waals surface area contributed by atoms with Crippen molar-refractivity contribution >= 4 is 23.3 Å². The smallest absolute Gasteiger partial charge is 0.119 e. The maximum Gasteiger partial charge on any atom is 0.119 e. The molecule has 0 unspecified atom stereocenters. The van der Waals surface area contributed by atoms with E-state index in [9.17, 15) is 10.5 Å². The fraction of sp³-hybridized carbons (Fsp3) is 0.538. The van der Waals surface area contributed by atoms with Gasteiger partial charge in [0, 0.05) is 0 Å². The molecule has 3 rings (SSSR count). The zero-order chi connectivity index (χ0) is 39.7. The van der Waals surface area contributed by atoms with Gasteiger partial charge in [0.05, 0.1) is 36.5 Å². The molecule has 4 heteroatoms. The molecule has 0 spiro atoms. The molecule has 0 aliphatic carbocycles. The number of ether oxygens (including phenoxy) is 2. The lowest BCUT2D eigenvalue weighted by molar-refractivity contribution is 0.304. The van der Waals surface area contributed by atoms with E-state index >= 15 is 0 Å². The van der Waals surface area contributed by atoms with E-state index in [2.05, 4.69) is 26.0 Å². The van der Waals surface area contributed by atoms with Crippen LogP contribution in [0.25, 0.3) is 23.3 Å². The van der Waals surface area contributed by atoms with Gasteiger partial charge in [0.1, 0.15) is 11.5 Å². The quantitative estimate of drug-likeness (QED) is 0.0361. The van der Waals surface area contributed by atoms with E-state index in [1.807, 2.05) is 84.9 Å². The van der Waals surface area contributed by atoms with E-state index < -0.39 is 0 Å². The minimum atomic E-state index is 0.572. The third-order valence-electron chi connectivity index (χ3n) is 10.7. The van der Waals surface area contributed by atoms with E-state index in [-0.39, 0.29) is 0 Å². The van der Waals surface area contributed by atoms with E-state index in [0.717, 1.165) is 59.8 Å². The van der Waals surface area contributed by atoms with Crippen molar-refractivity contribution in [1.29, 1.82) is 10.5 Å². The molecule has 3 aromatic carbocycles.